The summed E-state index contributed by atoms with van der Waals surface area (Å²) in [5.74, 6) is -1.47. The summed E-state index contributed by atoms with van der Waals surface area (Å²) in [5, 5.41) is 10.6. The van der Waals surface area contributed by atoms with Crippen LogP contribution in [0.3, 0.4) is 0 Å². The van der Waals surface area contributed by atoms with Gasteiger partial charge in [-0.05, 0) is 46.8 Å². The number of aliphatic carboxylic acids is 1. The lowest BCUT2D eigenvalue weighted by molar-refractivity contribution is -0.131. The number of rotatable bonds is 7. The van der Waals surface area contributed by atoms with E-state index < -0.39 is 11.8 Å². The van der Waals surface area contributed by atoms with Gasteiger partial charge in [0.2, 0.25) is 0 Å². The van der Waals surface area contributed by atoms with Gasteiger partial charge in [0, 0.05) is 17.4 Å². The standard InChI is InChI=1S/C16H15FO3S/c17-14-9-12(3-4-16(18)19)8-13(10-14)11-20-6-5-15-2-1-7-21-15/h1-4,7-10H,5-6,11H2,(H,18,19). The molecule has 0 bridgehead atoms. The zero-order valence-corrected chi connectivity index (χ0v) is 12.1. The van der Waals surface area contributed by atoms with Crippen molar-refractivity contribution in [2.45, 2.75) is 13.0 Å². The van der Waals surface area contributed by atoms with Gasteiger partial charge >= 0.3 is 5.97 Å². The van der Waals surface area contributed by atoms with Crippen LogP contribution in [0.15, 0.2) is 41.8 Å². The average molecular weight is 306 g/mol. The van der Waals surface area contributed by atoms with E-state index in [0.29, 0.717) is 24.3 Å². The van der Waals surface area contributed by atoms with Crippen molar-refractivity contribution in [1.82, 2.24) is 0 Å². The fourth-order valence-electron chi connectivity index (χ4n) is 1.84. The lowest BCUT2D eigenvalue weighted by atomic mass is 10.1. The first kappa shape index (κ1) is 15.4. The second kappa shape index (κ2) is 7.71. The molecule has 0 aliphatic rings. The van der Waals surface area contributed by atoms with Crippen LogP contribution in [0.25, 0.3) is 6.08 Å². The normalized spacial score (nSPS) is 11.1. The molecule has 0 radical (unpaired) electrons. The molecule has 1 N–H and O–H groups in total. The highest BCUT2D eigenvalue weighted by molar-refractivity contribution is 7.09. The topological polar surface area (TPSA) is 46.5 Å². The van der Waals surface area contributed by atoms with Crippen LogP contribution >= 0.6 is 11.3 Å². The molecule has 0 spiro atoms. The summed E-state index contributed by atoms with van der Waals surface area (Å²) in [4.78, 5) is 11.7. The Morgan fingerprint density at radius 2 is 2.24 bits per heavy atom. The number of carboxylic acid groups (broad SMARTS) is 1. The van der Waals surface area contributed by atoms with E-state index in [1.54, 1.807) is 17.4 Å². The molecule has 0 saturated heterocycles. The minimum Gasteiger partial charge on any atom is -0.478 e. The van der Waals surface area contributed by atoms with Gasteiger partial charge in [-0.2, -0.15) is 0 Å². The Bertz CT molecular complexity index is 620. The number of thiophene rings is 1. The fraction of sp³-hybridized carbons (Fsp3) is 0.188. The molecule has 0 aliphatic carbocycles. The van der Waals surface area contributed by atoms with E-state index in [-0.39, 0.29) is 0 Å². The van der Waals surface area contributed by atoms with Crippen molar-refractivity contribution in [3.63, 3.8) is 0 Å². The van der Waals surface area contributed by atoms with Crippen LogP contribution in [0.1, 0.15) is 16.0 Å². The Morgan fingerprint density at radius 3 is 2.95 bits per heavy atom. The second-order valence-electron chi connectivity index (χ2n) is 4.45. The molecule has 0 unspecified atom stereocenters. The Kier molecular flexibility index (Phi) is 5.66. The third-order valence-corrected chi connectivity index (χ3v) is 3.68. The van der Waals surface area contributed by atoms with Crippen molar-refractivity contribution in [3.8, 4) is 0 Å². The molecule has 2 aromatic rings. The summed E-state index contributed by atoms with van der Waals surface area (Å²) in [6.07, 6.45) is 3.18. The number of halogens is 1. The first-order valence-corrected chi connectivity index (χ1v) is 7.32. The summed E-state index contributed by atoms with van der Waals surface area (Å²) in [7, 11) is 0. The largest absolute Gasteiger partial charge is 0.478 e. The monoisotopic (exact) mass is 306 g/mol. The maximum absolute atomic E-state index is 13.4. The van der Waals surface area contributed by atoms with Crippen LogP contribution in [0, 0.1) is 5.82 Å². The lowest BCUT2D eigenvalue weighted by Gasteiger charge is -2.05. The van der Waals surface area contributed by atoms with Crippen LogP contribution < -0.4 is 0 Å². The first-order chi connectivity index (χ1) is 10.1. The minimum absolute atomic E-state index is 0.303. The fourth-order valence-corrected chi connectivity index (χ4v) is 2.53. The summed E-state index contributed by atoms with van der Waals surface area (Å²) in [6, 6.07) is 8.43. The molecule has 110 valence electrons. The highest BCUT2D eigenvalue weighted by atomic mass is 32.1. The highest BCUT2D eigenvalue weighted by Gasteiger charge is 2.01. The molecule has 2 rings (SSSR count). The molecule has 0 atom stereocenters. The van der Waals surface area contributed by atoms with Gasteiger partial charge in [-0.1, -0.05) is 6.07 Å². The third kappa shape index (κ3) is 5.49. The van der Waals surface area contributed by atoms with E-state index in [2.05, 4.69) is 0 Å². The Hall–Kier alpha value is -1.98. The third-order valence-electron chi connectivity index (χ3n) is 2.74. The molecule has 1 heterocycles. The van der Waals surface area contributed by atoms with Crippen LogP contribution in [0.5, 0.6) is 0 Å². The van der Waals surface area contributed by atoms with Crippen LogP contribution in [0.4, 0.5) is 4.39 Å². The number of ether oxygens (including phenoxy) is 1. The summed E-state index contributed by atoms with van der Waals surface area (Å²) in [6.45, 7) is 0.869. The molecular weight excluding hydrogens is 291 g/mol. The van der Waals surface area contributed by atoms with Crippen LogP contribution in [0.2, 0.25) is 0 Å². The van der Waals surface area contributed by atoms with Crippen molar-refractivity contribution in [2.24, 2.45) is 0 Å². The number of carbonyl (C=O) groups is 1. The second-order valence-corrected chi connectivity index (χ2v) is 5.48. The van der Waals surface area contributed by atoms with Gasteiger partial charge in [-0.25, -0.2) is 9.18 Å². The summed E-state index contributed by atoms with van der Waals surface area (Å²) >= 11 is 1.68. The van der Waals surface area contributed by atoms with Gasteiger partial charge in [0.05, 0.1) is 13.2 Å². The van der Waals surface area contributed by atoms with Gasteiger partial charge in [0.1, 0.15) is 5.82 Å². The van der Waals surface area contributed by atoms with Crippen molar-refractivity contribution in [2.75, 3.05) is 6.61 Å². The van der Waals surface area contributed by atoms with E-state index in [1.807, 2.05) is 17.5 Å². The van der Waals surface area contributed by atoms with Crippen molar-refractivity contribution in [3.05, 3.63) is 63.6 Å². The zero-order chi connectivity index (χ0) is 15.1. The van der Waals surface area contributed by atoms with E-state index in [0.717, 1.165) is 12.5 Å². The Labute approximate surface area is 126 Å². The maximum Gasteiger partial charge on any atom is 0.328 e. The Balaban J connectivity index is 1.88. The lowest BCUT2D eigenvalue weighted by Crippen LogP contribution is -1.99. The number of hydrogen-bond acceptors (Lipinski definition) is 3. The first-order valence-electron chi connectivity index (χ1n) is 6.44. The molecule has 0 saturated carbocycles. The van der Waals surface area contributed by atoms with Crippen LogP contribution in [-0.2, 0) is 22.6 Å². The molecular formula is C16H15FO3S. The summed E-state index contributed by atoms with van der Waals surface area (Å²) < 4.78 is 19.0. The number of carboxylic acids is 1. The van der Waals surface area contributed by atoms with Crippen molar-refractivity contribution >= 4 is 23.4 Å². The van der Waals surface area contributed by atoms with Gasteiger partial charge in [-0.3, -0.25) is 0 Å². The van der Waals surface area contributed by atoms with E-state index in [4.69, 9.17) is 9.84 Å². The smallest absolute Gasteiger partial charge is 0.328 e. The molecule has 5 heteroatoms. The number of benzene rings is 1. The van der Waals surface area contributed by atoms with Gasteiger partial charge < -0.3 is 9.84 Å². The van der Waals surface area contributed by atoms with Gasteiger partial charge in [-0.15, -0.1) is 11.3 Å². The maximum atomic E-state index is 13.4. The zero-order valence-electron chi connectivity index (χ0n) is 11.3. The minimum atomic E-state index is -1.06. The van der Waals surface area contributed by atoms with E-state index in [9.17, 15) is 9.18 Å². The van der Waals surface area contributed by atoms with E-state index >= 15 is 0 Å². The predicted molar refractivity (Wildman–Crippen MR) is 80.7 cm³/mol. The molecule has 0 aliphatic heterocycles. The summed E-state index contributed by atoms with van der Waals surface area (Å²) in [5.41, 5.74) is 1.19. The van der Waals surface area contributed by atoms with Gasteiger partial charge in [0.25, 0.3) is 0 Å². The number of hydrogen-bond donors (Lipinski definition) is 1. The Morgan fingerprint density at radius 1 is 1.38 bits per heavy atom. The van der Waals surface area contributed by atoms with Crippen LogP contribution in [-0.4, -0.2) is 17.7 Å². The van der Waals surface area contributed by atoms with Gasteiger partial charge in [0.15, 0.2) is 0 Å². The molecule has 1 aromatic carbocycles. The van der Waals surface area contributed by atoms with Crippen molar-refractivity contribution in [1.29, 1.82) is 0 Å². The average Bonchev–Trinajstić information content (AvgIpc) is 2.94. The predicted octanol–water partition coefficient (Wildman–Crippen LogP) is 3.74. The van der Waals surface area contributed by atoms with Crippen molar-refractivity contribution < 1.29 is 19.0 Å². The van der Waals surface area contributed by atoms with E-state index in [1.165, 1.54) is 23.1 Å². The highest BCUT2D eigenvalue weighted by Crippen LogP contribution is 2.13. The molecule has 1 aromatic heterocycles. The quantitative estimate of drug-likeness (QED) is 0.626. The molecule has 3 nitrogen and oxygen atoms in total. The molecule has 0 fully saturated rings. The molecule has 0 amide bonds. The SMILES string of the molecule is O=C(O)C=Cc1cc(F)cc(COCCc2cccs2)c1. The molecule has 21 heavy (non-hydrogen) atoms.